The van der Waals surface area contributed by atoms with Gasteiger partial charge in [-0.1, -0.05) is 6.92 Å². The first-order chi connectivity index (χ1) is 10.6. The molecule has 0 spiro atoms. The Labute approximate surface area is 130 Å². The minimum absolute atomic E-state index is 0.0261. The number of carbonyl (C=O) groups is 2. The van der Waals surface area contributed by atoms with Gasteiger partial charge >= 0.3 is 0 Å². The number of pyridine rings is 1. The predicted octanol–water partition coefficient (Wildman–Crippen LogP) is 0.820. The molecular weight excluding hydrogens is 280 g/mol. The largest absolute Gasteiger partial charge is 0.340 e. The molecule has 2 amide bonds. The van der Waals surface area contributed by atoms with Crippen molar-refractivity contribution in [2.75, 3.05) is 38.0 Å². The maximum Gasteiger partial charge on any atom is 0.238 e. The summed E-state index contributed by atoms with van der Waals surface area (Å²) in [7, 11) is 0. The highest BCUT2D eigenvalue weighted by Crippen LogP contribution is 2.39. The third-order valence-electron chi connectivity index (χ3n) is 4.44. The summed E-state index contributed by atoms with van der Waals surface area (Å²) in [5, 5.41) is 2.86. The minimum atomic E-state index is -0.0261. The van der Waals surface area contributed by atoms with E-state index in [0.717, 1.165) is 38.3 Å². The van der Waals surface area contributed by atoms with Crippen molar-refractivity contribution in [3.8, 4) is 0 Å². The van der Waals surface area contributed by atoms with Crippen molar-refractivity contribution in [1.29, 1.82) is 0 Å². The second-order valence-electron chi connectivity index (χ2n) is 6.20. The number of carbonyl (C=O) groups excluding carboxylic acids is 2. The number of piperazine rings is 1. The number of hydrogen-bond acceptors (Lipinski definition) is 4. The molecule has 1 aromatic heterocycles. The number of anilines is 1. The zero-order valence-corrected chi connectivity index (χ0v) is 12.9. The molecule has 2 fully saturated rings. The lowest BCUT2D eigenvalue weighted by molar-refractivity contribution is -0.134. The Kier molecular flexibility index (Phi) is 4.38. The Balaban J connectivity index is 1.42. The highest BCUT2D eigenvalue weighted by atomic mass is 16.2. The van der Waals surface area contributed by atoms with Crippen LogP contribution in [0.2, 0.25) is 0 Å². The van der Waals surface area contributed by atoms with Crippen LogP contribution in [0.4, 0.5) is 5.69 Å². The molecule has 22 heavy (non-hydrogen) atoms. The summed E-state index contributed by atoms with van der Waals surface area (Å²) in [4.78, 5) is 32.1. The average molecular weight is 302 g/mol. The van der Waals surface area contributed by atoms with Crippen LogP contribution < -0.4 is 5.32 Å². The Morgan fingerprint density at radius 1 is 1.23 bits per heavy atom. The third-order valence-corrected chi connectivity index (χ3v) is 4.44. The van der Waals surface area contributed by atoms with Crippen LogP contribution in [0.1, 0.15) is 13.3 Å². The van der Waals surface area contributed by atoms with Gasteiger partial charge in [-0.15, -0.1) is 0 Å². The van der Waals surface area contributed by atoms with Crippen molar-refractivity contribution in [1.82, 2.24) is 14.8 Å². The van der Waals surface area contributed by atoms with E-state index in [1.165, 1.54) is 0 Å². The number of nitrogens with zero attached hydrogens (tertiary/aromatic N) is 3. The number of aromatic nitrogens is 1. The van der Waals surface area contributed by atoms with Gasteiger partial charge in [0.1, 0.15) is 0 Å². The van der Waals surface area contributed by atoms with E-state index in [9.17, 15) is 9.59 Å². The van der Waals surface area contributed by atoms with Crippen LogP contribution in [-0.4, -0.2) is 59.3 Å². The van der Waals surface area contributed by atoms with Crippen molar-refractivity contribution in [3.63, 3.8) is 0 Å². The van der Waals surface area contributed by atoms with Gasteiger partial charge in [-0.25, -0.2) is 0 Å². The van der Waals surface area contributed by atoms with Crippen LogP contribution in [-0.2, 0) is 9.59 Å². The molecular formula is C16H22N4O2. The molecule has 0 bridgehead atoms. The minimum Gasteiger partial charge on any atom is -0.340 e. The fourth-order valence-corrected chi connectivity index (χ4v) is 2.87. The molecule has 118 valence electrons. The van der Waals surface area contributed by atoms with Crippen LogP contribution in [0.3, 0.4) is 0 Å². The van der Waals surface area contributed by atoms with Crippen molar-refractivity contribution < 1.29 is 9.59 Å². The molecule has 2 aliphatic rings. The quantitative estimate of drug-likeness (QED) is 0.894. The van der Waals surface area contributed by atoms with E-state index in [2.05, 4.69) is 22.1 Å². The van der Waals surface area contributed by atoms with Gasteiger partial charge in [0.25, 0.3) is 0 Å². The van der Waals surface area contributed by atoms with Gasteiger partial charge in [-0.2, -0.15) is 0 Å². The van der Waals surface area contributed by atoms with Crippen LogP contribution in [0, 0.1) is 11.8 Å². The Morgan fingerprint density at radius 3 is 2.45 bits per heavy atom. The van der Waals surface area contributed by atoms with E-state index in [0.29, 0.717) is 18.4 Å². The molecule has 1 saturated heterocycles. The Hall–Kier alpha value is -1.95. The zero-order chi connectivity index (χ0) is 15.5. The molecule has 1 N–H and O–H groups in total. The van der Waals surface area contributed by atoms with Crippen molar-refractivity contribution in [2.24, 2.45) is 11.8 Å². The van der Waals surface area contributed by atoms with Crippen LogP contribution in [0.5, 0.6) is 0 Å². The van der Waals surface area contributed by atoms with Gasteiger partial charge in [0.05, 0.1) is 6.54 Å². The monoisotopic (exact) mass is 302 g/mol. The lowest BCUT2D eigenvalue weighted by atomic mass is 10.2. The summed E-state index contributed by atoms with van der Waals surface area (Å²) < 4.78 is 0. The zero-order valence-electron chi connectivity index (χ0n) is 12.9. The summed E-state index contributed by atoms with van der Waals surface area (Å²) >= 11 is 0. The van der Waals surface area contributed by atoms with E-state index in [-0.39, 0.29) is 11.8 Å². The first kappa shape index (κ1) is 15.0. The van der Waals surface area contributed by atoms with Crippen LogP contribution in [0.15, 0.2) is 24.5 Å². The van der Waals surface area contributed by atoms with Gasteiger partial charge in [0.15, 0.2) is 0 Å². The second kappa shape index (κ2) is 6.44. The highest BCUT2D eigenvalue weighted by Gasteiger charge is 2.41. The topological polar surface area (TPSA) is 65.5 Å². The number of amides is 2. The van der Waals surface area contributed by atoms with Gasteiger partial charge < -0.3 is 10.2 Å². The normalized spacial score (nSPS) is 24.9. The van der Waals surface area contributed by atoms with Gasteiger partial charge in [-0.05, 0) is 24.5 Å². The van der Waals surface area contributed by atoms with Crippen LogP contribution >= 0.6 is 0 Å². The molecule has 1 aliphatic heterocycles. The van der Waals surface area contributed by atoms with Crippen molar-refractivity contribution >= 4 is 17.5 Å². The number of hydrogen-bond donors (Lipinski definition) is 1. The molecule has 2 heterocycles. The molecule has 1 aromatic rings. The molecule has 1 aliphatic carbocycles. The lowest BCUT2D eigenvalue weighted by Crippen LogP contribution is -2.51. The summed E-state index contributed by atoms with van der Waals surface area (Å²) in [5.74, 6) is 1.08. The highest BCUT2D eigenvalue weighted by molar-refractivity contribution is 5.92. The molecule has 6 nitrogen and oxygen atoms in total. The summed E-state index contributed by atoms with van der Waals surface area (Å²) in [5.41, 5.74) is 0.761. The molecule has 6 heteroatoms. The first-order valence-electron chi connectivity index (χ1n) is 7.84. The molecule has 0 radical (unpaired) electrons. The van der Waals surface area contributed by atoms with E-state index in [4.69, 9.17) is 0 Å². The number of nitrogens with one attached hydrogen (secondary N) is 1. The Bertz CT molecular complexity index is 540. The standard InChI is InChI=1S/C16H22N4O2/c1-12-10-14(12)16(22)20-8-6-19(7-9-20)11-15(21)18-13-2-4-17-5-3-13/h2-5,12,14H,6-11H2,1H3,(H,17,18,21)/t12-,14+/m0/s1. The van der Waals surface area contributed by atoms with Crippen molar-refractivity contribution in [2.45, 2.75) is 13.3 Å². The van der Waals surface area contributed by atoms with Crippen LogP contribution in [0.25, 0.3) is 0 Å². The molecule has 3 rings (SSSR count). The summed E-state index contributed by atoms with van der Waals surface area (Å²) in [6.45, 7) is 5.47. The fraction of sp³-hybridized carbons (Fsp3) is 0.562. The average Bonchev–Trinajstić information content (AvgIpc) is 3.25. The lowest BCUT2D eigenvalue weighted by Gasteiger charge is -2.34. The molecule has 0 unspecified atom stereocenters. The van der Waals surface area contributed by atoms with E-state index < -0.39 is 0 Å². The summed E-state index contributed by atoms with van der Waals surface area (Å²) in [6, 6.07) is 3.54. The summed E-state index contributed by atoms with van der Waals surface area (Å²) in [6.07, 6.45) is 4.34. The fourth-order valence-electron chi connectivity index (χ4n) is 2.87. The second-order valence-corrected chi connectivity index (χ2v) is 6.20. The third kappa shape index (κ3) is 3.62. The van der Waals surface area contributed by atoms with Gasteiger partial charge in [0, 0.05) is 50.2 Å². The molecule has 2 atom stereocenters. The van der Waals surface area contributed by atoms with Crippen molar-refractivity contribution in [3.05, 3.63) is 24.5 Å². The number of rotatable bonds is 4. The maximum atomic E-state index is 12.2. The van der Waals surface area contributed by atoms with E-state index in [1.807, 2.05) is 4.90 Å². The predicted molar refractivity (Wildman–Crippen MR) is 83.2 cm³/mol. The Morgan fingerprint density at radius 2 is 1.86 bits per heavy atom. The smallest absolute Gasteiger partial charge is 0.238 e. The van der Waals surface area contributed by atoms with Gasteiger partial charge in [-0.3, -0.25) is 19.5 Å². The molecule has 0 aromatic carbocycles. The molecule has 1 saturated carbocycles. The maximum absolute atomic E-state index is 12.2. The van der Waals surface area contributed by atoms with E-state index >= 15 is 0 Å². The first-order valence-corrected chi connectivity index (χ1v) is 7.84. The van der Waals surface area contributed by atoms with E-state index in [1.54, 1.807) is 24.5 Å². The SMILES string of the molecule is C[C@H]1C[C@H]1C(=O)N1CCN(CC(=O)Nc2ccncc2)CC1. The van der Waals surface area contributed by atoms with Gasteiger partial charge in [0.2, 0.25) is 11.8 Å².